The number of benzene rings is 1. The number of rotatable bonds is 4. The van der Waals surface area contributed by atoms with E-state index in [9.17, 15) is 14.7 Å². The van der Waals surface area contributed by atoms with Crippen LogP contribution in [0.1, 0.15) is 5.56 Å². The lowest BCUT2D eigenvalue weighted by Crippen LogP contribution is -2.39. The van der Waals surface area contributed by atoms with Crippen LogP contribution in [0, 0.1) is 11.8 Å². The van der Waals surface area contributed by atoms with Crippen LogP contribution in [0.4, 0.5) is 0 Å². The number of amides is 1. The Bertz CT molecular complexity index is 917. The predicted molar refractivity (Wildman–Crippen MR) is 89.9 cm³/mol. The van der Waals surface area contributed by atoms with Crippen molar-refractivity contribution in [3.63, 3.8) is 0 Å². The minimum absolute atomic E-state index is 0.0981. The molecule has 1 aromatic carbocycles. The highest BCUT2D eigenvalue weighted by Gasteiger charge is 2.66. The van der Waals surface area contributed by atoms with Gasteiger partial charge in [-0.3, -0.25) is 9.59 Å². The van der Waals surface area contributed by atoms with Crippen LogP contribution in [0.3, 0.4) is 0 Å². The van der Waals surface area contributed by atoms with E-state index in [4.69, 9.17) is 4.74 Å². The molecule has 2 aromatic rings. The lowest BCUT2D eigenvalue weighted by atomic mass is 9.77. The Hall–Kier alpha value is -2.60. The van der Waals surface area contributed by atoms with Crippen LogP contribution in [-0.4, -0.2) is 51.7 Å². The van der Waals surface area contributed by atoms with Crippen molar-refractivity contribution in [3.8, 4) is 0 Å². The van der Waals surface area contributed by atoms with Crippen LogP contribution in [0.25, 0.3) is 10.9 Å². The van der Waals surface area contributed by atoms with Crippen molar-refractivity contribution in [3.05, 3.63) is 48.2 Å². The number of carbonyl (C=O) groups is 2. The van der Waals surface area contributed by atoms with Gasteiger partial charge >= 0.3 is 5.97 Å². The number of hydrogen-bond donors (Lipinski definition) is 2. The summed E-state index contributed by atoms with van der Waals surface area (Å²) in [6.45, 7) is 1.00. The third-order valence-corrected chi connectivity index (χ3v) is 5.79. The van der Waals surface area contributed by atoms with Gasteiger partial charge in [-0.1, -0.05) is 30.4 Å². The molecule has 5 rings (SSSR count). The molecule has 25 heavy (non-hydrogen) atoms. The number of H-pyrrole nitrogens is 1. The standard InChI is InChI=1S/C19H18N2O4/c22-17-16-15(18(23)24)14-5-7-19(16,25-14)10-21(17)8-6-11-9-20-13-4-2-1-3-12(11)13/h1-5,7,9,14-16,20H,6,8,10H2,(H,23,24)/t14-,15+,16-,19+/m0/s1. The van der Waals surface area contributed by atoms with Crippen LogP contribution in [0.5, 0.6) is 0 Å². The van der Waals surface area contributed by atoms with Gasteiger partial charge in [0.2, 0.25) is 5.91 Å². The van der Waals surface area contributed by atoms with Crippen LogP contribution < -0.4 is 0 Å². The number of aromatic nitrogens is 1. The van der Waals surface area contributed by atoms with E-state index in [0.29, 0.717) is 13.1 Å². The minimum Gasteiger partial charge on any atom is -0.481 e. The Balaban J connectivity index is 1.37. The molecule has 1 aromatic heterocycles. The smallest absolute Gasteiger partial charge is 0.310 e. The van der Waals surface area contributed by atoms with Crippen molar-refractivity contribution in [1.82, 2.24) is 9.88 Å². The molecule has 2 saturated heterocycles. The number of aromatic amines is 1. The van der Waals surface area contributed by atoms with Crippen molar-refractivity contribution in [1.29, 1.82) is 0 Å². The number of nitrogens with zero attached hydrogens (tertiary/aromatic N) is 1. The molecule has 0 saturated carbocycles. The first-order valence-electron chi connectivity index (χ1n) is 8.53. The van der Waals surface area contributed by atoms with Gasteiger partial charge in [0.25, 0.3) is 0 Å². The molecule has 4 heterocycles. The predicted octanol–water partition coefficient (Wildman–Crippen LogP) is 1.58. The summed E-state index contributed by atoms with van der Waals surface area (Å²) >= 11 is 0. The molecular weight excluding hydrogens is 320 g/mol. The van der Waals surface area contributed by atoms with Crippen molar-refractivity contribution in [2.75, 3.05) is 13.1 Å². The first-order chi connectivity index (χ1) is 12.1. The Morgan fingerprint density at radius 2 is 2.24 bits per heavy atom. The van der Waals surface area contributed by atoms with Gasteiger partial charge in [0.05, 0.1) is 18.6 Å². The summed E-state index contributed by atoms with van der Waals surface area (Å²) < 4.78 is 5.91. The highest BCUT2D eigenvalue weighted by Crippen LogP contribution is 2.51. The van der Waals surface area contributed by atoms with Crippen LogP contribution >= 0.6 is 0 Å². The fourth-order valence-electron chi connectivity index (χ4n) is 4.64. The van der Waals surface area contributed by atoms with Crippen LogP contribution in [-0.2, 0) is 20.7 Å². The molecule has 0 aliphatic carbocycles. The number of para-hydroxylation sites is 1. The highest BCUT2D eigenvalue weighted by molar-refractivity contribution is 5.91. The SMILES string of the molecule is O=C(O)[C@@H]1[C@@H]2C=C[C@]3(CN(CCc4c[nH]c5ccccc45)C(=O)[C@H]13)O2. The van der Waals surface area contributed by atoms with Crippen LogP contribution in [0.2, 0.25) is 0 Å². The number of likely N-dealkylation sites (tertiary alicyclic amines) is 1. The lowest BCUT2D eigenvalue weighted by molar-refractivity contribution is -0.148. The molecule has 3 aliphatic rings. The molecule has 4 atom stereocenters. The summed E-state index contributed by atoms with van der Waals surface area (Å²) in [6, 6.07) is 8.07. The summed E-state index contributed by atoms with van der Waals surface area (Å²) in [5.41, 5.74) is 1.50. The van der Waals surface area contributed by atoms with Crippen LogP contribution in [0.15, 0.2) is 42.6 Å². The van der Waals surface area contributed by atoms with E-state index < -0.39 is 29.5 Å². The maximum Gasteiger partial charge on any atom is 0.310 e. The second-order valence-electron chi connectivity index (χ2n) is 7.11. The van der Waals surface area contributed by atoms with Gasteiger partial charge in [0, 0.05) is 23.6 Å². The second-order valence-corrected chi connectivity index (χ2v) is 7.11. The molecule has 2 bridgehead atoms. The van der Waals surface area contributed by atoms with E-state index in [1.54, 1.807) is 11.0 Å². The van der Waals surface area contributed by atoms with Gasteiger partial charge < -0.3 is 19.7 Å². The van der Waals surface area contributed by atoms with E-state index >= 15 is 0 Å². The van der Waals surface area contributed by atoms with Crippen molar-refractivity contribution in [2.24, 2.45) is 11.8 Å². The maximum atomic E-state index is 12.9. The van der Waals surface area contributed by atoms with E-state index in [1.165, 1.54) is 0 Å². The highest BCUT2D eigenvalue weighted by atomic mass is 16.5. The minimum atomic E-state index is -0.951. The molecule has 128 valence electrons. The Morgan fingerprint density at radius 1 is 1.40 bits per heavy atom. The molecule has 6 nitrogen and oxygen atoms in total. The molecule has 2 N–H and O–H groups in total. The van der Waals surface area contributed by atoms with Gasteiger partial charge in [0.15, 0.2) is 0 Å². The summed E-state index contributed by atoms with van der Waals surface area (Å²) in [4.78, 5) is 29.4. The van der Waals surface area contributed by atoms with Gasteiger partial charge in [0.1, 0.15) is 11.5 Å². The topological polar surface area (TPSA) is 82.6 Å². The Labute approximate surface area is 144 Å². The number of aliphatic carboxylic acids is 1. The van der Waals surface area contributed by atoms with Gasteiger partial charge in [-0.05, 0) is 18.1 Å². The molecule has 1 spiro atoms. The Kier molecular flexibility index (Phi) is 2.92. The van der Waals surface area contributed by atoms with E-state index in [2.05, 4.69) is 11.1 Å². The number of carbonyl (C=O) groups excluding carboxylic acids is 1. The van der Waals surface area contributed by atoms with Crippen molar-refractivity contribution >= 4 is 22.8 Å². The number of carboxylic acids is 1. The fourth-order valence-corrected chi connectivity index (χ4v) is 4.64. The number of nitrogens with one attached hydrogen (secondary N) is 1. The molecule has 0 radical (unpaired) electrons. The Morgan fingerprint density at radius 3 is 3.08 bits per heavy atom. The largest absolute Gasteiger partial charge is 0.481 e. The summed E-state index contributed by atoms with van der Waals surface area (Å²) in [6.07, 6.45) is 5.93. The van der Waals surface area contributed by atoms with E-state index in [1.807, 2.05) is 30.5 Å². The number of hydrogen-bond acceptors (Lipinski definition) is 3. The number of carboxylic acid groups (broad SMARTS) is 1. The average molecular weight is 338 g/mol. The van der Waals surface area contributed by atoms with Gasteiger partial charge in [-0.25, -0.2) is 0 Å². The molecule has 3 aliphatic heterocycles. The molecule has 1 amide bonds. The van der Waals surface area contributed by atoms with E-state index in [0.717, 1.165) is 22.9 Å². The zero-order chi connectivity index (χ0) is 17.2. The normalized spacial score (nSPS) is 32.7. The molecule has 2 fully saturated rings. The fraction of sp³-hybridized carbons (Fsp3) is 0.368. The summed E-state index contributed by atoms with van der Waals surface area (Å²) in [5.74, 6) is -2.41. The number of ether oxygens (including phenoxy) is 1. The first-order valence-corrected chi connectivity index (χ1v) is 8.53. The van der Waals surface area contributed by atoms with Crippen molar-refractivity contribution in [2.45, 2.75) is 18.1 Å². The number of fused-ring (bicyclic) bond motifs is 2. The summed E-state index contributed by atoms with van der Waals surface area (Å²) in [7, 11) is 0. The third kappa shape index (κ3) is 1.94. The average Bonchev–Trinajstić information content (AvgIpc) is 3.33. The lowest BCUT2D eigenvalue weighted by Gasteiger charge is -2.21. The van der Waals surface area contributed by atoms with Gasteiger partial charge in [-0.15, -0.1) is 0 Å². The zero-order valence-electron chi connectivity index (χ0n) is 13.5. The third-order valence-electron chi connectivity index (χ3n) is 5.79. The second kappa shape index (κ2) is 4.95. The first kappa shape index (κ1) is 14.7. The molecule has 0 unspecified atom stereocenters. The van der Waals surface area contributed by atoms with Gasteiger partial charge in [-0.2, -0.15) is 0 Å². The zero-order valence-corrected chi connectivity index (χ0v) is 13.5. The van der Waals surface area contributed by atoms with Crippen molar-refractivity contribution < 1.29 is 19.4 Å². The van der Waals surface area contributed by atoms with E-state index in [-0.39, 0.29) is 5.91 Å². The maximum absolute atomic E-state index is 12.9. The molecule has 6 heteroatoms. The monoisotopic (exact) mass is 338 g/mol. The molecular formula is C19H18N2O4. The summed E-state index contributed by atoms with van der Waals surface area (Å²) in [5, 5.41) is 10.7. The quantitative estimate of drug-likeness (QED) is 0.829.